The molecule has 0 N–H and O–H groups in total. The minimum Gasteiger partial charge on any atom is -0.0654 e. The van der Waals surface area contributed by atoms with E-state index in [0.717, 1.165) is 11.1 Å². The second-order valence-corrected chi connectivity index (χ2v) is 5.97. The van der Waals surface area contributed by atoms with Crippen molar-refractivity contribution in [2.75, 3.05) is 0 Å². The molecular weight excluding hydrogens is 276 g/mol. The fourth-order valence-corrected chi connectivity index (χ4v) is 2.77. The van der Waals surface area contributed by atoms with E-state index in [1.54, 1.807) is 0 Å². The molecule has 3 rings (SSSR count). The van der Waals surface area contributed by atoms with Gasteiger partial charge in [0.25, 0.3) is 0 Å². The van der Waals surface area contributed by atoms with Crippen LogP contribution < -0.4 is 0 Å². The number of rotatable bonds is 4. The Kier molecular flexibility index (Phi) is 5.12. The second-order valence-electron chi connectivity index (χ2n) is 5.97. The predicted octanol–water partition coefficient (Wildman–Crippen LogP) is 5.97. The Labute approximate surface area is 139 Å². The Hall–Kier alpha value is -2.52. The van der Waals surface area contributed by atoms with Crippen LogP contribution in [0.5, 0.6) is 0 Å². The largest absolute Gasteiger partial charge is 0.0654 e. The molecule has 0 spiro atoms. The molecule has 0 heteroatoms. The average Bonchev–Trinajstić information content (AvgIpc) is 2.61. The van der Waals surface area contributed by atoms with Gasteiger partial charge >= 0.3 is 0 Å². The third-order valence-corrected chi connectivity index (χ3v) is 4.10. The SMILES string of the molecule is CCCCCc1ccc2ccc(C#Cc3ccccc3)cc2c1. The van der Waals surface area contributed by atoms with Crippen molar-refractivity contribution in [2.24, 2.45) is 0 Å². The van der Waals surface area contributed by atoms with Gasteiger partial charge in [-0.15, -0.1) is 0 Å². The van der Waals surface area contributed by atoms with E-state index < -0.39 is 0 Å². The van der Waals surface area contributed by atoms with E-state index in [1.807, 2.05) is 30.3 Å². The molecule has 0 aliphatic carbocycles. The molecule has 0 heterocycles. The molecule has 0 saturated carbocycles. The maximum absolute atomic E-state index is 3.27. The zero-order valence-electron chi connectivity index (χ0n) is 13.7. The van der Waals surface area contributed by atoms with Crippen LogP contribution in [0.3, 0.4) is 0 Å². The van der Waals surface area contributed by atoms with Gasteiger partial charge in [0.2, 0.25) is 0 Å². The average molecular weight is 298 g/mol. The van der Waals surface area contributed by atoms with Crippen molar-refractivity contribution in [3.63, 3.8) is 0 Å². The van der Waals surface area contributed by atoms with Crippen molar-refractivity contribution < 1.29 is 0 Å². The number of unbranched alkanes of at least 4 members (excludes halogenated alkanes) is 2. The molecule has 0 aliphatic rings. The summed E-state index contributed by atoms with van der Waals surface area (Å²) in [5.74, 6) is 6.51. The number of hydrogen-bond donors (Lipinski definition) is 0. The third kappa shape index (κ3) is 4.24. The summed E-state index contributed by atoms with van der Waals surface area (Å²) in [6, 6.07) is 23.4. The first kappa shape index (κ1) is 15.4. The molecule has 3 aromatic rings. The molecule has 0 nitrogen and oxygen atoms in total. The topological polar surface area (TPSA) is 0 Å². The van der Waals surface area contributed by atoms with Gasteiger partial charge in [-0.05, 0) is 53.4 Å². The molecule has 0 unspecified atom stereocenters. The molecule has 0 amide bonds. The molecule has 0 fully saturated rings. The van der Waals surface area contributed by atoms with Crippen LogP contribution in [-0.2, 0) is 6.42 Å². The molecule has 0 bridgehead atoms. The summed E-state index contributed by atoms with van der Waals surface area (Å²) in [5, 5.41) is 2.58. The Bertz CT molecular complexity index is 832. The Morgan fingerprint density at radius 2 is 1.48 bits per heavy atom. The molecule has 23 heavy (non-hydrogen) atoms. The summed E-state index contributed by atoms with van der Waals surface area (Å²) < 4.78 is 0. The van der Waals surface area contributed by atoms with Gasteiger partial charge in [-0.1, -0.05) is 74.1 Å². The van der Waals surface area contributed by atoms with Crippen LogP contribution in [0, 0.1) is 11.8 Å². The van der Waals surface area contributed by atoms with Crippen LogP contribution in [-0.4, -0.2) is 0 Å². The monoisotopic (exact) mass is 298 g/mol. The van der Waals surface area contributed by atoms with Crippen LogP contribution in [0.2, 0.25) is 0 Å². The minimum atomic E-state index is 1.06. The van der Waals surface area contributed by atoms with Crippen LogP contribution >= 0.6 is 0 Å². The Morgan fingerprint density at radius 3 is 2.30 bits per heavy atom. The number of aryl methyl sites for hydroxylation is 1. The van der Waals surface area contributed by atoms with E-state index in [2.05, 4.69) is 55.2 Å². The van der Waals surface area contributed by atoms with E-state index in [-0.39, 0.29) is 0 Å². The first-order chi connectivity index (χ1) is 11.3. The molecule has 0 atom stereocenters. The van der Waals surface area contributed by atoms with Crippen molar-refractivity contribution >= 4 is 10.8 Å². The fourth-order valence-electron chi connectivity index (χ4n) is 2.77. The summed E-state index contributed by atoms with van der Waals surface area (Å²) in [4.78, 5) is 0. The molecule has 0 saturated heterocycles. The summed E-state index contributed by atoms with van der Waals surface area (Å²) in [6.45, 7) is 2.25. The number of hydrogen-bond acceptors (Lipinski definition) is 0. The quantitative estimate of drug-likeness (QED) is 0.411. The first-order valence-corrected chi connectivity index (χ1v) is 8.45. The van der Waals surface area contributed by atoms with Crippen LogP contribution in [0.1, 0.15) is 42.9 Å². The highest BCUT2D eigenvalue weighted by Gasteiger charge is 1.98. The van der Waals surface area contributed by atoms with Gasteiger partial charge in [-0.3, -0.25) is 0 Å². The summed E-state index contributed by atoms with van der Waals surface area (Å²) in [5.41, 5.74) is 3.56. The van der Waals surface area contributed by atoms with Gasteiger partial charge in [0.15, 0.2) is 0 Å². The zero-order valence-corrected chi connectivity index (χ0v) is 13.7. The molecular formula is C23H22. The fraction of sp³-hybridized carbons (Fsp3) is 0.217. The minimum absolute atomic E-state index is 1.06. The summed E-state index contributed by atoms with van der Waals surface area (Å²) in [7, 11) is 0. The summed E-state index contributed by atoms with van der Waals surface area (Å²) in [6.07, 6.45) is 5.02. The van der Waals surface area contributed by atoms with Crippen LogP contribution in [0.25, 0.3) is 10.8 Å². The van der Waals surface area contributed by atoms with Crippen LogP contribution in [0.4, 0.5) is 0 Å². The molecule has 0 radical (unpaired) electrons. The normalized spacial score (nSPS) is 10.3. The molecule has 0 aliphatic heterocycles. The molecule has 114 valence electrons. The maximum Gasteiger partial charge on any atom is 0.0255 e. The molecule has 3 aromatic carbocycles. The Morgan fingerprint density at radius 1 is 0.696 bits per heavy atom. The van der Waals surface area contributed by atoms with Crippen molar-refractivity contribution in [2.45, 2.75) is 32.6 Å². The van der Waals surface area contributed by atoms with Gasteiger partial charge in [-0.2, -0.15) is 0 Å². The maximum atomic E-state index is 3.27. The van der Waals surface area contributed by atoms with Crippen molar-refractivity contribution in [3.8, 4) is 11.8 Å². The highest BCUT2D eigenvalue weighted by atomic mass is 14.0. The second kappa shape index (κ2) is 7.65. The van der Waals surface area contributed by atoms with Gasteiger partial charge in [0.05, 0.1) is 0 Å². The van der Waals surface area contributed by atoms with Crippen LogP contribution in [0.15, 0.2) is 66.7 Å². The third-order valence-electron chi connectivity index (χ3n) is 4.10. The first-order valence-electron chi connectivity index (χ1n) is 8.45. The highest BCUT2D eigenvalue weighted by molar-refractivity contribution is 5.84. The number of benzene rings is 3. The van der Waals surface area contributed by atoms with Gasteiger partial charge < -0.3 is 0 Å². The highest BCUT2D eigenvalue weighted by Crippen LogP contribution is 2.19. The molecule has 0 aromatic heterocycles. The predicted molar refractivity (Wildman–Crippen MR) is 99.6 cm³/mol. The van der Waals surface area contributed by atoms with E-state index in [4.69, 9.17) is 0 Å². The van der Waals surface area contributed by atoms with E-state index in [1.165, 1.54) is 42.0 Å². The lowest BCUT2D eigenvalue weighted by Gasteiger charge is -2.04. The van der Waals surface area contributed by atoms with E-state index in [9.17, 15) is 0 Å². The van der Waals surface area contributed by atoms with Gasteiger partial charge in [0.1, 0.15) is 0 Å². The lowest BCUT2D eigenvalue weighted by molar-refractivity contribution is 0.718. The lowest BCUT2D eigenvalue weighted by atomic mass is 10.0. The number of fused-ring (bicyclic) bond motifs is 1. The van der Waals surface area contributed by atoms with E-state index >= 15 is 0 Å². The smallest absolute Gasteiger partial charge is 0.0255 e. The summed E-state index contributed by atoms with van der Waals surface area (Å²) >= 11 is 0. The van der Waals surface area contributed by atoms with Crippen molar-refractivity contribution in [1.29, 1.82) is 0 Å². The van der Waals surface area contributed by atoms with E-state index in [0.29, 0.717) is 0 Å². The Balaban J connectivity index is 1.84. The lowest BCUT2D eigenvalue weighted by Crippen LogP contribution is -1.86. The van der Waals surface area contributed by atoms with Gasteiger partial charge in [-0.25, -0.2) is 0 Å². The zero-order chi connectivity index (χ0) is 15.9. The standard InChI is InChI=1S/C23H22/c1-2-3-5-10-20-13-15-22-16-14-21(18-23(22)17-20)12-11-19-8-6-4-7-9-19/h4,6-9,13-18H,2-3,5,10H2,1H3. The van der Waals surface area contributed by atoms with Crippen molar-refractivity contribution in [3.05, 3.63) is 83.4 Å². The van der Waals surface area contributed by atoms with Gasteiger partial charge in [0, 0.05) is 11.1 Å². The van der Waals surface area contributed by atoms with Crippen molar-refractivity contribution in [1.82, 2.24) is 0 Å².